The molecule has 0 saturated heterocycles. The third-order valence-corrected chi connectivity index (χ3v) is 4.12. The number of imidazole rings is 1. The molecule has 1 aliphatic rings. The summed E-state index contributed by atoms with van der Waals surface area (Å²) in [7, 11) is 0. The van der Waals surface area contributed by atoms with Crippen LogP contribution in [0.1, 0.15) is 43.0 Å². The van der Waals surface area contributed by atoms with Crippen LogP contribution < -0.4 is 0 Å². The number of rotatable bonds is 3. The molecule has 1 heterocycles. The summed E-state index contributed by atoms with van der Waals surface area (Å²) in [6, 6.07) is 5.78. The van der Waals surface area contributed by atoms with Gasteiger partial charge in [0.05, 0.1) is 17.0 Å². The van der Waals surface area contributed by atoms with Crippen LogP contribution in [-0.2, 0) is 4.79 Å². The van der Waals surface area contributed by atoms with E-state index in [2.05, 4.69) is 9.97 Å². The Labute approximate surface area is 111 Å². The molecular formula is C15H18N2O2. The van der Waals surface area contributed by atoms with Gasteiger partial charge < -0.3 is 10.1 Å². The molecule has 1 atom stereocenters. The Kier molecular flexibility index (Phi) is 3.01. The highest BCUT2D eigenvalue weighted by molar-refractivity contribution is 5.81. The number of carbonyl (C=O) groups is 1. The maximum absolute atomic E-state index is 11.6. The maximum atomic E-state index is 11.6. The first-order valence-corrected chi connectivity index (χ1v) is 6.84. The molecule has 1 unspecified atom stereocenters. The van der Waals surface area contributed by atoms with Crippen LogP contribution in [0.3, 0.4) is 0 Å². The predicted octanol–water partition coefficient (Wildman–Crippen LogP) is 3.23. The molecule has 2 aromatic rings. The number of fused-ring (bicyclic) bond motifs is 1. The van der Waals surface area contributed by atoms with Crippen LogP contribution in [0.2, 0.25) is 0 Å². The quantitative estimate of drug-likeness (QED) is 0.888. The van der Waals surface area contributed by atoms with Crippen molar-refractivity contribution < 1.29 is 9.90 Å². The summed E-state index contributed by atoms with van der Waals surface area (Å²) >= 11 is 0. The van der Waals surface area contributed by atoms with Gasteiger partial charge in [-0.15, -0.1) is 0 Å². The number of nitrogens with one attached hydrogen (secondary N) is 1. The topological polar surface area (TPSA) is 66.0 Å². The number of aromatic nitrogens is 2. The van der Waals surface area contributed by atoms with Gasteiger partial charge in [-0.3, -0.25) is 4.79 Å². The Morgan fingerprint density at radius 1 is 1.42 bits per heavy atom. The lowest BCUT2D eigenvalue weighted by Gasteiger charge is -2.19. The molecule has 0 radical (unpaired) electrons. The van der Waals surface area contributed by atoms with Crippen molar-refractivity contribution in [2.75, 3.05) is 0 Å². The summed E-state index contributed by atoms with van der Waals surface area (Å²) in [5.41, 5.74) is 2.73. The van der Waals surface area contributed by atoms with Gasteiger partial charge in [0.1, 0.15) is 5.82 Å². The zero-order chi connectivity index (χ0) is 13.4. The van der Waals surface area contributed by atoms with E-state index in [0.717, 1.165) is 48.1 Å². The first kappa shape index (κ1) is 12.2. The van der Waals surface area contributed by atoms with E-state index in [0.29, 0.717) is 0 Å². The number of benzene rings is 1. The molecule has 0 aliphatic heterocycles. The fourth-order valence-corrected chi connectivity index (χ4v) is 3.26. The summed E-state index contributed by atoms with van der Waals surface area (Å²) in [5.74, 6) is 0.0526. The highest BCUT2D eigenvalue weighted by Crippen LogP contribution is 2.38. The van der Waals surface area contributed by atoms with Gasteiger partial charge in [0.2, 0.25) is 0 Å². The summed E-state index contributed by atoms with van der Waals surface area (Å²) in [5, 5.41) is 9.54. The minimum absolute atomic E-state index is 0.277. The van der Waals surface area contributed by atoms with E-state index in [-0.39, 0.29) is 11.8 Å². The summed E-state index contributed by atoms with van der Waals surface area (Å²) < 4.78 is 0. The zero-order valence-corrected chi connectivity index (χ0v) is 11.0. The van der Waals surface area contributed by atoms with Crippen LogP contribution in [0.4, 0.5) is 0 Å². The Morgan fingerprint density at radius 3 is 2.84 bits per heavy atom. The summed E-state index contributed by atoms with van der Waals surface area (Å²) in [4.78, 5) is 19.1. The van der Waals surface area contributed by atoms with E-state index in [4.69, 9.17) is 0 Å². The molecule has 1 fully saturated rings. The van der Waals surface area contributed by atoms with Crippen molar-refractivity contribution in [2.24, 2.45) is 5.92 Å². The van der Waals surface area contributed by atoms with Crippen LogP contribution in [0.5, 0.6) is 0 Å². The van der Waals surface area contributed by atoms with Crippen molar-refractivity contribution in [3.63, 3.8) is 0 Å². The highest BCUT2D eigenvalue weighted by atomic mass is 16.4. The second kappa shape index (κ2) is 4.68. The first-order chi connectivity index (χ1) is 9.15. The van der Waals surface area contributed by atoms with E-state index in [1.165, 1.54) is 0 Å². The van der Waals surface area contributed by atoms with Gasteiger partial charge in [-0.25, -0.2) is 4.98 Å². The molecule has 100 valence electrons. The average molecular weight is 258 g/mol. The molecule has 2 N–H and O–H groups in total. The van der Waals surface area contributed by atoms with Crippen LogP contribution in [-0.4, -0.2) is 21.0 Å². The van der Waals surface area contributed by atoms with Gasteiger partial charge in [0.25, 0.3) is 0 Å². The number of carboxylic acids is 1. The molecule has 3 rings (SSSR count). The fourth-order valence-electron chi connectivity index (χ4n) is 3.26. The van der Waals surface area contributed by atoms with Crippen LogP contribution >= 0.6 is 0 Å². The summed E-state index contributed by atoms with van der Waals surface area (Å²) in [6.07, 6.45) is 4.35. The van der Waals surface area contributed by atoms with Crippen LogP contribution in [0.25, 0.3) is 11.0 Å². The van der Waals surface area contributed by atoms with E-state index in [9.17, 15) is 9.90 Å². The molecule has 0 amide bonds. The number of hydrogen-bond donors (Lipinski definition) is 2. The lowest BCUT2D eigenvalue weighted by molar-refractivity contribution is -0.140. The van der Waals surface area contributed by atoms with E-state index in [1.54, 1.807) is 0 Å². The molecule has 0 bridgehead atoms. The smallest absolute Gasteiger partial charge is 0.311 e. The van der Waals surface area contributed by atoms with Crippen LogP contribution in [0, 0.1) is 12.8 Å². The lowest BCUT2D eigenvalue weighted by atomic mass is 9.85. The number of nitrogens with zero attached hydrogens (tertiary/aromatic N) is 1. The molecular weight excluding hydrogens is 240 g/mol. The SMILES string of the molecule is Cc1nc2ccc(C(C(=O)O)C3CCCC3)cc2[nH]1. The van der Waals surface area contributed by atoms with Gasteiger partial charge in [-0.05, 0) is 43.4 Å². The number of carboxylic acid groups (broad SMARTS) is 1. The van der Waals surface area contributed by atoms with Gasteiger partial charge in [-0.1, -0.05) is 18.9 Å². The largest absolute Gasteiger partial charge is 0.481 e. The number of H-pyrrole nitrogens is 1. The molecule has 0 spiro atoms. The lowest BCUT2D eigenvalue weighted by Crippen LogP contribution is -2.19. The molecule has 1 aliphatic carbocycles. The minimum Gasteiger partial charge on any atom is -0.481 e. The number of aryl methyl sites for hydroxylation is 1. The Bertz CT molecular complexity index is 612. The number of hydrogen-bond acceptors (Lipinski definition) is 2. The maximum Gasteiger partial charge on any atom is 0.311 e. The molecule has 1 aromatic carbocycles. The Balaban J connectivity index is 2.01. The van der Waals surface area contributed by atoms with Crippen molar-refractivity contribution in [1.82, 2.24) is 9.97 Å². The van der Waals surface area contributed by atoms with Gasteiger partial charge in [0.15, 0.2) is 0 Å². The zero-order valence-electron chi connectivity index (χ0n) is 11.0. The monoisotopic (exact) mass is 258 g/mol. The average Bonchev–Trinajstić information content (AvgIpc) is 2.96. The van der Waals surface area contributed by atoms with Gasteiger partial charge >= 0.3 is 5.97 Å². The van der Waals surface area contributed by atoms with Crippen molar-refractivity contribution in [1.29, 1.82) is 0 Å². The minimum atomic E-state index is -0.706. The van der Waals surface area contributed by atoms with E-state index in [1.807, 2.05) is 25.1 Å². The van der Waals surface area contributed by atoms with Crippen molar-refractivity contribution >= 4 is 17.0 Å². The first-order valence-electron chi connectivity index (χ1n) is 6.84. The molecule has 1 aromatic heterocycles. The van der Waals surface area contributed by atoms with E-state index >= 15 is 0 Å². The predicted molar refractivity (Wildman–Crippen MR) is 73.2 cm³/mol. The molecule has 4 heteroatoms. The number of aromatic amines is 1. The van der Waals surface area contributed by atoms with E-state index < -0.39 is 5.97 Å². The molecule has 4 nitrogen and oxygen atoms in total. The van der Waals surface area contributed by atoms with Crippen molar-refractivity contribution in [3.05, 3.63) is 29.6 Å². The standard InChI is InChI=1S/C15H18N2O2/c1-9-16-12-7-6-11(8-13(12)17-9)14(15(18)19)10-4-2-3-5-10/h6-8,10,14H,2-5H2,1H3,(H,16,17)(H,18,19). The second-order valence-corrected chi connectivity index (χ2v) is 5.46. The van der Waals surface area contributed by atoms with Crippen molar-refractivity contribution in [3.8, 4) is 0 Å². The van der Waals surface area contributed by atoms with Crippen LogP contribution in [0.15, 0.2) is 18.2 Å². The number of aliphatic carboxylic acids is 1. The van der Waals surface area contributed by atoms with Gasteiger partial charge in [-0.2, -0.15) is 0 Å². The Morgan fingerprint density at radius 2 is 2.16 bits per heavy atom. The van der Waals surface area contributed by atoms with Crippen molar-refractivity contribution in [2.45, 2.75) is 38.5 Å². The molecule has 1 saturated carbocycles. The van der Waals surface area contributed by atoms with Gasteiger partial charge in [0, 0.05) is 0 Å². The normalized spacial score (nSPS) is 17.9. The summed E-state index contributed by atoms with van der Waals surface area (Å²) in [6.45, 7) is 1.91. The third-order valence-electron chi connectivity index (χ3n) is 4.12. The molecule has 19 heavy (non-hydrogen) atoms. The second-order valence-electron chi connectivity index (χ2n) is 5.46. The fraction of sp³-hybridized carbons (Fsp3) is 0.467. The Hall–Kier alpha value is -1.84. The third kappa shape index (κ3) is 2.23. The highest BCUT2D eigenvalue weighted by Gasteiger charge is 2.32.